The highest BCUT2D eigenvalue weighted by Crippen LogP contribution is 2.38. The van der Waals surface area contributed by atoms with Gasteiger partial charge >= 0.3 is 0 Å². The number of para-hydroxylation sites is 1. The highest BCUT2D eigenvalue weighted by atomic mass is 32.1. The summed E-state index contributed by atoms with van der Waals surface area (Å²) in [6.07, 6.45) is 2.41. The van der Waals surface area contributed by atoms with Crippen molar-refractivity contribution in [2.75, 3.05) is 34.8 Å². The van der Waals surface area contributed by atoms with E-state index in [9.17, 15) is 9.59 Å². The molecule has 2 aliphatic rings. The highest BCUT2D eigenvalue weighted by molar-refractivity contribution is 7.11. The predicted molar refractivity (Wildman–Crippen MR) is 126 cm³/mol. The van der Waals surface area contributed by atoms with E-state index in [2.05, 4.69) is 4.90 Å². The molecule has 0 unspecified atom stereocenters. The molecule has 0 radical (unpaired) electrons. The second-order valence-electron chi connectivity index (χ2n) is 7.75. The Morgan fingerprint density at radius 2 is 1.48 bits per heavy atom. The van der Waals surface area contributed by atoms with E-state index in [0.717, 1.165) is 29.3 Å². The van der Waals surface area contributed by atoms with E-state index in [0.29, 0.717) is 17.0 Å². The molecule has 2 aliphatic heterocycles. The van der Waals surface area contributed by atoms with Crippen molar-refractivity contribution in [3.63, 3.8) is 0 Å². The van der Waals surface area contributed by atoms with Crippen LogP contribution < -0.4 is 14.7 Å². The Labute approximate surface area is 185 Å². The molecular formula is C25H23N3O2S. The number of carbonyl (C=O) groups excluding carboxylic acids is 2. The van der Waals surface area contributed by atoms with Gasteiger partial charge in [-0.3, -0.25) is 9.59 Å². The molecular weight excluding hydrogens is 406 g/mol. The Morgan fingerprint density at radius 1 is 0.806 bits per heavy atom. The molecule has 31 heavy (non-hydrogen) atoms. The first kappa shape index (κ1) is 19.6. The van der Waals surface area contributed by atoms with E-state index < -0.39 is 0 Å². The molecule has 2 aromatic carbocycles. The lowest BCUT2D eigenvalue weighted by atomic mass is 10.1. The molecule has 1 saturated heterocycles. The zero-order chi connectivity index (χ0) is 21.4. The molecule has 5 nitrogen and oxygen atoms in total. The second kappa shape index (κ2) is 8.04. The summed E-state index contributed by atoms with van der Waals surface area (Å²) in [6, 6.07) is 21.2. The number of rotatable bonds is 5. The van der Waals surface area contributed by atoms with Gasteiger partial charge in [0.1, 0.15) is 5.70 Å². The molecule has 6 heteroatoms. The minimum Gasteiger partial charge on any atom is -0.372 e. The number of amides is 2. The monoisotopic (exact) mass is 429 g/mol. The normalized spacial score (nSPS) is 16.5. The summed E-state index contributed by atoms with van der Waals surface area (Å²) in [5.74, 6) is -0.576. The van der Waals surface area contributed by atoms with E-state index in [1.54, 1.807) is 0 Å². The summed E-state index contributed by atoms with van der Waals surface area (Å²) < 4.78 is 0. The second-order valence-corrected chi connectivity index (χ2v) is 8.70. The average molecular weight is 430 g/mol. The Balaban J connectivity index is 1.53. The maximum Gasteiger partial charge on any atom is 0.282 e. The zero-order valence-corrected chi connectivity index (χ0v) is 18.1. The van der Waals surface area contributed by atoms with Gasteiger partial charge in [-0.1, -0.05) is 24.3 Å². The van der Waals surface area contributed by atoms with Crippen molar-refractivity contribution in [2.24, 2.45) is 0 Å². The third-order valence-electron chi connectivity index (χ3n) is 5.89. The van der Waals surface area contributed by atoms with Gasteiger partial charge in [-0.05, 0) is 60.7 Å². The van der Waals surface area contributed by atoms with Crippen LogP contribution in [-0.2, 0) is 9.59 Å². The molecule has 1 aromatic heterocycles. The van der Waals surface area contributed by atoms with Crippen molar-refractivity contribution >= 4 is 45.8 Å². The van der Waals surface area contributed by atoms with Gasteiger partial charge in [-0.25, -0.2) is 4.90 Å². The summed E-state index contributed by atoms with van der Waals surface area (Å²) in [6.45, 7) is 2.11. The number of imide groups is 1. The number of likely N-dealkylation sites (N-methyl/N-ethyl adjacent to an activating group) is 1. The van der Waals surface area contributed by atoms with Crippen molar-refractivity contribution in [1.29, 1.82) is 0 Å². The first-order chi connectivity index (χ1) is 15.1. The van der Waals surface area contributed by atoms with Crippen molar-refractivity contribution in [1.82, 2.24) is 0 Å². The topological polar surface area (TPSA) is 43.9 Å². The van der Waals surface area contributed by atoms with Crippen LogP contribution in [0.4, 0.5) is 17.1 Å². The van der Waals surface area contributed by atoms with Crippen molar-refractivity contribution in [2.45, 2.75) is 12.8 Å². The van der Waals surface area contributed by atoms with Crippen LogP contribution in [0.3, 0.4) is 0 Å². The standard InChI is InChI=1S/C25H23N3O2S/c1-26(18-8-3-2-4-9-18)23-22(21-10-7-17-31-21)24(29)28(25(23)30)20-13-11-19(12-14-20)27-15-5-6-16-27/h2-4,7-14,17H,5-6,15-16H2,1H3. The minimum atomic E-state index is -0.298. The van der Waals surface area contributed by atoms with E-state index in [1.807, 2.05) is 84.1 Å². The van der Waals surface area contributed by atoms with Crippen LogP contribution >= 0.6 is 11.3 Å². The number of anilines is 3. The van der Waals surface area contributed by atoms with Crippen LogP contribution in [0.1, 0.15) is 17.7 Å². The van der Waals surface area contributed by atoms with E-state index >= 15 is 0 Å². The van der Waals surface area contributed by atoms with Gasteiger partial charge in [0, 0.05) is 36.4 Å². The summed E-state index contributed by atoms with van der Waals surface area (Å²) in [4.78, 5) is 33.3. The van der Waals surface area contributed by atoms with Gasteiger partial charge in [-0.15, -0.1) is 11.3 Å². The molecule has 156 valence electrons. The molecule has 0 N–H and O–H groups in total. The Bertz CT molecular complexity index is 1130. The van der Waals surface area contributed by atoms with Crippen molar-refractivity contribution in [3.05, 3.63) is 82.7 Å². The molecule has 0 atom stereocenters. The fraction of sp³-hybridized carbons (Fsp3) is 0.200. The van der Waals surface area contributed by atoms with Crippen LogP contribution in [0.25, 0.3) is 5.57 Å². The van der Waals surface area contributed by atoms with Crippen LogP contribution in [-0.4, -0.2) is 32.0 Å². The third-order valence-corrected chi connectivity index (χ3v) is 6.77. The smallest absolute Gasteiger partial charge is 0.282 e. The Kier molecular flexibility index (Phi) is 5.08. The van der Waals surface area contributed by atoms with Crippen LogP contribution in [0.15, 0.2) is 77.8 Å². The number of benzene rings is 2. The van der Waals surface area contributed by atoms with E-state index in [1.165, 1.54) is 29.1 Å². The van der Waals surface area contributed by atoms with Crippen LogP contribution in [0.2, 0.25) is 0 Å². The van der Waals surface area contributed by atoms with Gasteiger partial charge in [0.15, 0.2) is 0 Å². The SMILES string of the molecule is CN(C1=C(c2cccs2)C(=O)N(c2ccc(N3CCCC3)cc2)C1=O)c1ccccc1. The molecule has 3 heterocycles. The quantitative estimate of drug-likeness (QED) is 0.548. The number of carbonyl (C=O) groups is 2. The molecule has 5 rings (SSSR count). The first-order valence-electron chi connectivity index (χ1n) is 10.5. The summed E-state index contributed by atoms with van der Waals surface area (Å²) >= 11 is 1.47. The van der Waals surface area contributed by atoms with E-state index in [4.69, 9.17) is 0 Å². The van der Waals surface area contributed by atoms with Crippen molar-refractivity contribution < 1.29 is 9.59 Å². The summed E-state index contributed by atoms with van der Waals surface area (Å²) in [7, 11) is 1.84. The number of nitrogens with zero attached hydrogens (tertiary/aromatic N) is 3. The summed E-state index contributed by atoms with van der Waals surface area (Å²) in [5.41, 5.74) is 3.45. The predicted octanol–water partition coefficient (Wildman–Crippen LogP) is 4.77. The van der Waals surface area contributed by atoms with Gasteiger partial charge in [0.2, 0.25) is 0 Å². The van der Waals surface area contributed by atoms with Gasteiger partial charge in [-0.2, -0.15) is 0 Å². The molecule has 0 saturated carbocycles. The fourth-order valence-corrected chi connectivity index (χ4v) is 5.04. The molecule has 0 spiro atoms. The molecule has 3 aromatic rings. The fourth-order valence-electron chi connectivity index (χ4n) is 4.28. The Hall–Kier alpha value is -3.38. The van der Waals surface area contributed by atoms with Gasteiger partial charge in [0.25, 0.3) is 11.8 Å². The van der Waals surface area contributed by atoms with Gasteiger partial charge in [0.05, 0.1) is 11.3 Å². The largest absolute Gasteiger partial charge is 0.372 e. The highest BCUT2D eigenvalue weighted by Gasteiger charge is 2.42. The van der Waals surface area contributed by atoms with Crippen LogP contribution in [0.5, 0.6) is 0 Å². The maximum absolute atomic E-state index is 13.6. The zero-order valence-electron chi connectivity index (χ0n) is 17.3. The van der Waals surface area contributed by atoms with Crippen molar-refractivity contribution in [3.8, 4) is 0 Å². The average Bonchev–Trinajstić information content (AvgIpc) is 3.56. The maximum atomic E-state index is 13.6. The third kappa shape index (κ3) is 3.43. The lowest BCUT2D eigenvalue weighted by Crippen LogP contribution is -2.34. The molecule has 0 bridgehead atoms. The lowest BCUT2D eigenvalue weighted by molar-refractivity contribution is -0.120. The first-order valence-corrected chi connectivity index (χ1v) is 11.3. The number of hydrogen-bond donors (Lipinski definition) is 0. The molecule has 1 fully saturated rings. The minimum absolute atomic E-state index is 0.279. The van der Waals surface area contributed by atoms with E-state index in [-0.39, 0.29) is 11.8 Å². The molecule has 0 aliphatic carbocycles. The lowest BCUT2D eigenvalue weighted by Gasteiger charge is -2.22. The Morgan fingerprint density at radius 3 is 2.13 bits per heavy atom. The number of thiophene rings is 1. The van der Waals surface area contributed by atoms with Gasteiger partial charge < -0.3 is 9.80 Å². The molecule has 2 amide bonds. The summed E-state index contributed by atoms with van der Waals surface area (Å²) in [5, 5.41) is 1.92. The van der Waals surface area contributed by atoms with Crippen LogP contribution in [0, 0.1) is 0 Å². The number of hydrogen-bond acceptors (Lipinski definition) is 5.